The standard InChI is InChI=1S/C48H52F4N6O5.H2/c1-26-17-31-30-5-3-4-6-37(30)53-43(31)44(57(26)24-39(51)52)42-35(49)19-28(20-36(42)50)27-9-11-48(12-10-27)13-15-56(16-14-48)41(60)25-55-21-29-18-32-34(45(63-2)33(29)22-55)23-58(47(32)62)38-7-8-40(59)54-46(38)61;/h3-6,18-20,26-27,38-39,44,53H,7-17,21-25H2,1-2H3,(H,54,59,61);1H/t26-,38?,44-;/m1./s1. The first-order valence-corrected chi connectivity index (χ1v) is 22.3. The van der Waals surface area contributed by atoms with Gasteiger partial charge in [-0.1, -0.05) is 18.2 Å². The minimum atomic E-state index is -2.67. The number of benzene rings is 3. The van der Waals surface area contributed by atoms with E-state index in [0.717, 1.165) is 71.7 Å². The molecule has 2 saturated heterocycles. The van der Waals surface area contributed by atoms with Gasteiger partial charge >= 0.3 is 0 Å². The van der Waals surface area contributed by atoms with E-state index in [1.807, 2.05) is 42.2 Å². The monoisotopic (exact) mass is 870 g/mol. The summed E-state index contributed by atoms with van der Waals surface area (Å²) in [6.07, 6.45) is 3.29. The number of nitrogens with one attached hydrogen (secondary N) is 2. The number of ether oxygens (including phenoxy) is 1. The molecule has 334 valence electrons. The van der Waals surface area contributed by atoms with Crippen molar-refractivity contribution in [3.05, 3.63) is 98.7 Å². The third kappa shape index (κ3) is 7.28. The molecular formula is C48H54F4N6O5. The number of carbonyl (C=O) groups is 4. The zero-order valence-corrected chi connectivity index (χ0v) is 35.6. The quantitative estimate of drug-likeness (QED) is 0.141. The Balaban J connectivity index is 0.00000518. The van der Waals surface area contributed by atoms with Crippen molar-refractivity contribution in [3.8, 4) is 5.75 Å². The highest BCUT2D eigenvalue weighted by atomic mass is 19.3. The summed E-state index contributed by atoms with van der Waals surface area (Å²) in [7, 11) is 1.57. The topological polar surface area (TPSA) is 118 Å². The van der Waals surface area contributed by atoms with Crippen molar-refractivity contribution in [3.63, 3.8) is 0 Å². The summed E-state index contributed by atoms with van der Waals surface area (Å²) in [6, 6.07) is 10.3. The lowest BCUT2D eigenvalue weighted by molar-refractivity contribution is -0.137. The van der Waals surface area contributed by atoms with Crippen LogP contribution in [0.2, 0.25) is 0 Å². The Labute approximate surface area is 364 Å². The Hall–Kier alpha value is -5.28. The first kappa shape index (κ1) is 41.7. The minimum absolute atomic E-state index is 0. The molecule has 3 fully saturated rings. The number of nitrogens with zero attached hydrogens (tertiary/aromatic N) is 4. The number of aromatic nitrogens is 1. The molecule has 6 heterocycles. The van der Waals surface area contributed by atoms with Gasteiger partial charge in [0, 0.05) is 78.9 Å². The van der Waals surface area contributed by atoms with E-state index >= 15 is 8.78 Å². The van der Waals surface area contributed by atoms with Gasteiger partial charge in [-0.15, -0.1) is 0 Å². The highest BCUT2D eigenvalue weighted by Gasteiger charge is 2.45. The SMILES string of the molecule is COc1c2c(cc3c1CN(C1CCC(=O)NC1=O)C3=O)CN(CC(=O)N1CCC3(CCC(c4cc(F)c([C@@H]5c6[nH]c7ccccc7c6C[C@@H](C)N5CC(F)F)c(F)c4)CC3)CC1)C2.[HH]. The van der Waals surface area contributed by atoms with E-state index in [4.69, 9.17) is 4.74 Å². The molecule has 1 aromatic heterocycles. The molecule has 11 nitrogen and oxygen atoms in total. The van der Waals surface area contributed by atoms with E-state index in [-0.39, 0.29) is 68.0 Å². The second kappa shape index (κ2) is 16.1. The molecule has 1 spiro atoms. The number of alkyl halides is 2. The van der Waals surface area contributed by atoms with Gasteiger partial charge in [0.25, 0.3) is 12.3 Å². The van der Waals surface area contributed by atoms with Crippen molar-refractivity contribution in [2.45, 2.75) is 115 Å². The van der Waals surface area contributed by atoms with Crippen molar-refractivity contribution < 1.29 is 42.9 Å². The maximum atomic E-state index is 16.4. The van der Waals surface area contributed by atoms with Crippen LogP contribution in [0.25, 0.3) is 10.9 Å². The Morgan fingerprint density at radius 1 is 0.937 bits per heavy atom. The lowest BCUT2D eigenvalue weighted by atomic mass is 9.64. The molecule has 2 N–H and O–H groups in total. The van der Waals surface area contributed by atoms with E-state index in [1.54, 1.807) is 7.11 Å². The first-order valence-electron chi connectivity index (χ1n) is 22.3. The Morgan fingerprint density at radius 3 is 2.37 bits per heavy atom. The summed E-state index contributed by atoms with van der Waals surface area (Å²) in [5, 5.41) is 3.28. The molecular weight excluding hydrogens is 817 g/mol. The van der Waals surface area contributed by atoms with E-state index in [2.05, 4.69) is 15.2 Å². The van der Waals surface area contributed by atoms with Gasteiger partial charge in [0.15, 0.2) is 0 Å². The molecule has 1 saturated carbocycles. The van der Waals surface area contributed by atoms with Crippen molar-refractivity contribution in [1.82, 2.24) is 29.9 Å². The lowest BCUT2D eigenvalue weighted by Gasteiger charge is -2.46. The van der Waals surface area contributed by atoms with Crippen LogP contribution in [0.1, 0.15) is 121 Å². The molecule has 0 bridgehead atoms. The second-order valence-corrected chi connectivity index (χ2v) is 18.8. The molecule has 6 aliphatic rings. The van der Waals surface area contributed by atoms with Crippen LogP contribution in [0.15, 0.2) is 42.5 Å². The van der Waals surface area contributed by atoms with Gasteiger partial charge in [-0.25, -0.2) is 17.6 Å². The number of hydrogen-bond donors (Lipinski definition) is 2. The average Bonchev–Trinajstić information content (AvgIpc) is 3.93. The zero-order chi connectivity index (χ0) is 43.9. The van der Waals surface area contributed by atoms with E-state index in [0.29, 0.717) is 55.2 Å². The van der Waals surface area contributed by atoms with Crippen LogP contribution in [-0.2, 0) is 40.4 Å². The zero-order valence-electron chi connectivity index (χ0n) is 35.6. The van der Waals surface area contributed by atoms with E-state index in [9.17, 15) is 28.0 Å². The summed E-state index contributed by atoms with van der Waals surface area (Å²) in [5.41, 5.74) is 5.81. The largest absolute Gasteiger partial charge is 0.496 e. The Morgan fingerprint density at radius 2 is 1.67 bits per heavy atom. The number of piperidine rings is 2. The van der Waals surface area contributed by atoms with Crippen LogP contribution in [0.4, 0.5) is 17.6 Å². The average molecular weight is 871 g/mol. The summed E-state index contributed by atoms with van der Waals surface area (Å²) in [4.78, 5) is 62.0. The van der Waals surface area contributed by atoms with Crippen LogP contribution in [0.3, 0.4) is 0 Å². The van der Waals surface area contributed by atoms with Crippen LogP contribution in [-0.4, -0.2) is 100 Å². The third-order valence-electron chi connectivity index (χ3n) is 15.3. The van der Waals surface area contributed by atoms with Crippen molar-refractivity contribution >= 4 is 34.5 Å². The van der Waals surface area contributed by atoms with Crippen molar-refractivity contribution in [2.75, 3.05) is 33.3 Å². The molecule has 1 aliphatic carbocycles. The summed E-state index contributed by atoms with van der Waals surface area (Å²) in [6.45, 7) is 3.91. The molecule has 5 aliphatic heterocycles. The van der Waals surface area contributed by atoms with Gasteiger partial charge in [0.05, 0.1) is 32.8 Å². The maximum Gasteiger partial charge on any atom is 0.255 e. The second-order valence-electron chi connectivity index (χ2n) is 18.8. The molecule has 3 aromatic carbocycles. The van der Waals surface area contributed by atoms with Gasteiger partial charge in [0.2, 0.25) is 17.7 Å². The molecule has 63 heavy (non-hydrogen) atoms. The number of H-pyrrole nitrogens is 1. The minimum Gasteiger partial charge on any atom is -0.496 e. The molecule has 4 aromatic rings. The maximum absolute atomic E-state index is 16.4. The van der Waals surface area contributed by atoms with Crippen LogP contribution in [0, 0.1) is 17.0 Å². The molecule has 4 amide bonds. The fourth-order valence-corrected chi connectivity index (χ4v) is 11.9. The van der Waals surface area contributed by atoms with E-state index < -0.39 is 42.6 Å². The fraction of sp³-hybridized carbons (Fsp3) is 0.500. The number of para-hydroxylation sites is 1. The molecule has 1 unspecified atom stereocenters. The molecule has 0 radical (unpaired) electrons. The number of hydrogen-bond acceptors (Lipinski definition) is 7. The van der Waals surface area contributed by atoms with Crippen molar-refractivity contribution in [1.29, 1.82) is 0 Å². The van der Waals surface area contributed by atoms with Gasteiger partial charge in [-0.05, 0) is 111 Å². The number of rotatable bonds is 8. The van der Waals surface area contributed by atoms with Gasteiger partial charge in [0.1, 0.15) is 23.4 Å². The predicted molar refractivity (Wildman–Crippen MR) is 227 cm³/mol. The summed E-state index contributed by atoms with van der Waals surface area (Å²) < 4.78 is 66.5. The van der Waals surface area contributed by atoms with E-state index in [1.165, 1.54) is 21.9 Å². The van der Waals surface area contributed by atoms with Crippen molar-refractivity contribution in [2.24, 2.45) is 5.41 Å². The molecule has 3 atom stereocenters. The Bertz CT molecular complexity index is 2510. The number of imide groups is 1. The molecule has 10 rings (SSSR count). The third-order valence-corrected chi connectivity index (χ3v) is 15.3. The number of halogens is 4. The number of likely N-dealkylation sites (tertiary alicyclic amines) is 1. The molecule has 15 heteroatoms. The highest BCUT2D eigenvalue weighted by molar-refractivity contribution is 6.06. The van der Waals surface area contributed by atoms with Gasteiger partial charge in [-0.3, -0.25) is 34.3 Å². The summed E-state index contributed by atoms with van der Waals surface area (Å²) in [5.74, 6) is -1.88. The smallest absolute Gasteiger partial charge is 0.255 e. The van der Waals surface area contributed by atoms with Crippen LogP contribution in [0.5, 0.6) is 5.75 Å². The first-order chi connectivity index (χ1) is 30.3. The summed E-state index contributed by atoms with van der Waals surface area (Å²) >= 11 is 0. The number of aromatic amines is 1. The number of methoxy groups -OCH3 is 1. The number of amides is 4. The fourth-order valence-electron chi connectivity index (χ4n) is 11.9. The van der Waals surface area contributed by atoms with Gasteiger partial charge < -0.3 is 19.5 Å². The Kier molecular flexibility index (Phi) is 10.6. The number of carbonyl (C=O) groups excluding carboxylic acids is 4. The number of fused-ring (bicyclic) bond motifs is 5. The van der Waals surface area contributed by atoms with Crippen LogP contribution < -0.4 is 10.1 Å². The highest BCUT2D eigenvalue weighted by Crippen LogP contribution is 2.50. The van der Waals surface area contributed by atoms with Crippen LogP contribution >= 0.6 is 0 Å². The predicted octanol–water partition coefficient (Wildman–Crippen LogP) is 7.35. The van der Waals surface area contributed by atoms with Gasteiger partial charge in [-0.2, -0.15) is 0 Å². The lowest BCUT2D eigenvalue weighted by Crippen LogP contribution is -2.52. The normalized spacial score (nSPS) is 24.0.